The third-order valence-electron chi connectivity index (χ3n) is 3.77. The van der Waals surface area contributed by atoms with E-state index in [1.54, 1.807) is 6.20 Å². The molecule has 0 amide bonds. The van der Waals surface area contributed by atoms with Gasteiger partial charge in [-0.25, -0.2) is 0 Å². The number of rotatable bonds is 4. The summed E-state index contributed by atoms with van der Waals surface area (Å²) >= 11 is 4.96. The molecule has 0 saturated carbocycles. The summed E-state index contributed by atoms with van der Waals surface area (Å²) < 4.78 is 0. The largest absolute Gasteiger partial charge is 0.388 e. The van der Waals surface area contributed by atoms with Gasteiger partial charge in [0.15, 0.2) is 0 Å². The Morgan fingerprint density at radius 3 is 2.83 bits per heavy atom. The number of pyridine rings is 1. The summed E-state index contributed by atoms with van der Waals surface area (Å²) in [6.07, 6.45) is 5.75. The Morgan fingerprint density at radius 1 is 1.50 bits per heavy atom. The van der Waals surface area contributed by atoms with Crippen molar-refractivity contribution >= 4 is 17.2 Å². The molecule has 0 atom stereocenters. The highest BCUT2D eigenvalue weighted by atomic mass is 32.1. The fourth-order valence-corrected chi connectivity index (χ4v) is 2.63. The molecule has 1 aliphatic rings. The van der Waals surface area contributed by atoms with Crippen LogP contribution in [0.5, 0.6) is 0 Å². The van der Waals surface area contributed by atoms with Crippen LogP contribution in [-0.2, 0) is 6.54 Å². The standard InChI is InChI=1S/C14H21N3S/c1-2-11-4-7-17(8-5-11)10-12-3-6-16-13(9-12)14(15)18/h3,6,9,11H,2,4-5,7-8,10H2,1H3,(H2,15,18). The molecule has 2 heterocycles. The van der Waals surface area contributed by atoms with E-state index in [1.807, 2.05) is 12.1 Å². The second-order valence-electron chi connectivity index (χ2n) is 5.04. The smallest absolute Gasteiger partial charge is 0.122 e. The maximum Gasteiger partial charge on any atom is 0.122 e. The minimum absolute atomic E-state index is 0.376. The first-order chi connectivity index (χ1) is 8.69. The summed E-state index contributed by atoms with van der Waals surface area (Å²) in [6.45, 7) is 5.67. The molecule has 0 radical (unpaired) electrons. The predicted octanol–water partition coefficient (Wildman–Crippen LogP) is 2.34. The maximum atomic E-state index is 5.61. The molecule has 0 aromatic carbocycles. The van der Waals surface area contributed by atoms with Gasteiger partial charge in [0, 0.05) is 12.7 Å². The molecule has 98 valence electrons. The Labute approximate surface area is 114 Å². The van der Waals surface area contributed by atoms with Gasteiger partial charge in [-0.15, -0.1) is 0 Å². The van der Waals surface area contributed by atoms with Gasteiger partial charge in [0.1, 0.15) is 4.99 Å². The summed E-state index contributed by atoms with van der Waals surface area (Å²) in [4.78, 5) is 7.05. The summed E-state index contributed by atoms with van der Waals surface area (Å²) in [5.74, 6) is 0.922. The molecule has 1 fully saturated rings. The Morgan fingerprint density at radius 2 is 2.22 bits per heavy atom. The lowest BCUT2D eigenvalue weighted by Crippen LogP contribution is -2.33. The minimum atomic E-state index is 0.376. The monoisotopic (exact) mass is 263 g/mol. The second-order valence-corrected chi connectivity index (χ2v) is 5.48. The van der Waals surface area contributed by atoms with E-state index in [2.05, 4.69) is 16.8 Å². The summed E-state index contributed by atoms with van der Waals surface area (Å²) in [5, 5.41) is 0. The number of likely N-dealkylation sites (tertiary alicyclic amines) is 1. The van der Waals surface area contributed by atoms with E-state index in [0.29, 0.717) is 4.99 Å². The van der Waals surface area contributed by atoms with Crippen molar-refractivity contribution in [1.29, 1.82) is 0 Å². The van der Waals surface area contributed by atoms with Crippen LogP contribution in [0, 0.1) is 5.92 Å². The van der Waals surface area contributed by atoms with Crippen LogP contribution in [0.3, 0.4) is 0 Å². The molecule has 1 aromatic heterocycles. The first kappa shape index (κ1) is 13.4. The second kappa shape index (κ2) is 6.25. The van der Waals surface area contributed by atoms with Crippen molar-refractivity contribution in [1.82, 2.24) is 9.88 Å². The molecule has 1 aromatic rings. The maximum absolute atomic E-state index is 5.61. The molecule has 1 aliphatic heterocycles. The van der Waals surface area contributed by atoms with Crippen molar-refractivity contribution in [3.8, 4) is 0 Å². The highest BCUT2D eigenvalue weighted by molar-refractivity contribution is 7.80. The average molecular weight is 263 g/mol. The molecule has 0 unspecified atom stereocenters. The Kier molecular flexibility index (Phi) is 4.66. The van der Waals surface area contributed by atoms with Gasteiger partial charge >= 0.3 is 0 Å². The first-order valence-corrected chi connectivity index (χ1v) is 7.07. The molecule has 4 heteroatoms. The van der Waals surface area contributed by atoms with E-state index < -0.39 is 0 Å². The molecule has 3 nitrogen and oxygen atoms in total. The SMILES string of the molecule is CCC1CCN(Cc2ccnc(C(N)=S)c2)CC1. The van der Waals surface area contributed by atoms with Crippen molar-refractivity contribution in [3.05, 3.63) is 29.6 Å². The van der Waals surface area contributed by atoms with E-state index in [0.717, 1.165) is 18.2 Å². The van der Waals surface area contributed by atoms with Gasteiger partial charge in [0.05, 0.1) is 5.69 Å². The fourth-order valence-electron chi connectivity index (χ4n) is 2.52. The zero-order valence-corrected chi connectivity index (χ0v) is 11.7. The number of aromatic nitrogens is 1. The summed E-state index contributed by atoms with van der Waals surface area (Å²) in [6, 6.07) is 4.06. The highest BCUT2D eigenvalue weighted by Gasteiger charge is 2.17. The molecule has 0 aliphatic carbocycles. The Bertz CT molecular complexity index is 411. The van der Waals surface area contributed by atoms with E-state index >= 15 is 0 Å². The quantitative estimate of drug-likeness (QED) is 0.847. The van der Waals surface area contributed by atoms with E-state index in [1.165, 1.54) is 37.9 Å². The molecular weight excluding hydrogens is 242 g/mol. The fraction of sp³-hybridized carbons (Fsp3) is 0.571. The lowest BCUT2D eigenvalue weighted by atomic mass is 9.94. The molecule has 2 N–H and O–H groups in total. The highest BCUT2D eigenvalue weighted by Crippen LogP contribution is 2.21. The average Bonchev–Trinajstić information content (AvgIpc) is 2.40. The van der Waals surface area contributed by atoms with Gasteiger partial charge in [-0.05, 0) is 49.5 Å². The molecule has 2 rings (SSSR count). The van der Waals surface area contributed by atoms with Crippen molar-refractivity contribution in [3.63, 3.8) is 0 Å². The zero-order valence-electron chi connectivity index (χ0n) is 10.9. The Hall–Kier alpha value is -1.00. The van der Waals surface area contributed by atoms with E-state index in [9.17, 15) is 0 Å². The van der Waals surface area contributed by atoms with Crippen LogP contribution >= 0.6 is 12.2 Å². The van der Waals surface area contributed by atoms with Crippen molar-refractivity contribution in [2.45, 2.75) is 32.7 Å². The van der Waals surface area contributed by atoms with Crippen LogP contribution in [0.1, 0.15) is 37.4 Å². The van der Waals surface area contributed by atoms with Gasteiger partial charge in [-0.3, -0.25) is 9.88 Å². The van der Waals surface area contributed by atoms with Gasteiger partial charge < -0.3 is 5.73 Å². The topological polar surface area (TPSA) is 42.2 Å². The normalized spacial score (nSPS) is 17.8. The van der Waals surface area contributed by atoms with Crippen LogP contribution in [0.25, 0.3) is 0 Å². The molecule has 0 bridgehead atoms. The van der Waals surface area contributed by atoms with Crippen molar-refractivity contribution in [2.24, 2.45) is 11.7 Å². The van der Waals surface area contributed by atoms with Crippen molar-refractivity contribution < 1.29 is 0 Å². The van der Waals surface area contributed by atoms with E-state index in [4.69, 9.17) is 18.0 Å². The molecule has 18 heavy (non-hydrogen) atoms. The van der Waals surface area contributed by atoms with Crippen LogP contribution in [0.2, 0.25) is 0 Å². The minimum Gasteiger partial charge on any atom is -0.388 e. The van der Waals surface area contributed by atoms with Gasteiger partial charge in [-0.2, -0.15) is 0 Å². The van der Waals surface area contributed by atoms with E-state index in [-0.39, 0.29) is 0 Å². The molecule has 0 spiro atoms. The van der Waals surface area contributed by atoms with Crippen LogP contribution in [-0.4, -0.2) is 28.0 Å². The number of piperidine rings is 1. The molecule has 1 saturated heterocycles. The summed E-state index contributed by atoms with van der Waals surface area (Å²) in [5.41, 5.74) is 7.59. The number of hydrogen-bond acceptors (Lipinski definition) is 3. The van der Waals surface area contributed by atoms with Crippen molar-refractivity contribution in [2.75, 3.05) is 13.1 Å². The number of thiocarbonyl (C=S) groups is 1. The first-order valence-electron chi connectivity index (χ1n) is 6.66. The molecular formula is C14H21N3S. The predicted molar refractivity (Wildman–Crippen MR) is 78.4 cm³/mol. The third kappa shape index (κ3) is 3.50. The lowest BCUT2D eigenvalue weighted by molar-refractivity contribution is 0.175. The number of nitrogens with two attached hydrogens (primary N) is 1. The van der Waals surface area contributed by atoms with Crippen LogP contribution in [0.4, 0.5) is 0 Å². The third-order valence-corrected chi connectivity index (χ3v) is 3.98. The van der Waals surface area contributed by atoms with Crippen LogP contribution < -0.4 is 5.73 Å². The van der Waals surface area contributed by atoms with Crippen LogP contribution in [0.15, 0.2) is 18.3 Å². The summed E-state index contributed by atoms with van der Waals surface area (Å²) in [7, 11) is 0. The number of nitrogens with zero attached hydrogens (tertiary/aromatic N) is 2. The zero-order chi connectivity index (χ0) is 13.0. The van der Waals surface area contributed by atoms with Gasteiger partial charge in [-0.1, -0.05) is 25.6 Å². The van der Waals surface area contributed by atoms with Gasteiger partial charge in [0.25, 0.3) is 0 Å². The number of hydrogen-bond donors (Lipinski definition) is 1. The van der Waals surface area contributed by atoms with Gasteiger partial charge in [0.2, 0.25) is 0 Å². The lowest BCUT2D eigenvalue weighted by Gasteiger charge is -2.31. The Balaban J connectivity index is 1.94.